The van der Waals surface area contributed by atoms with Crippen molar-refractivity contribution in [1.82, 2.24) is 15.0 Å². The van der Waals surface area contributed by atoms with E-state index in [0.717, 1.165) is 28.6 Å². The van der Waals surface area contributed by atoms with Crippen LogP contribution in [0.5, 0.6) is 0 Å². The predicted octanol–water partition coefficient (Wildman–Crippen LogP) is 3.16. The number of rotatable bonds is 2. The van der Waals surface area contributed by atoms with E-state index in [1.54, 1.807) is 12.4 Å². The van der Waals surface area contributed by atoms with Gasteiger partial charge in [-0.2, -0.15) is 0 Å². The molecule has 3 aromatic heterocycles. The van der Waals surface area contributed by atoms with E-state index < -0.39 is 0 Å². The molecule has 0 aliphatic heterocycles. The first-order chi connectivity index (χ1) is 8.78. The number of aromatic nitrogens is 3. The van der Waals surface area contributed by atoms with E-state index in [9.17, 15) is 0 Å². The summed E-state index contributed by atoms with van der Waals surface area (Å²) in [7, 11) is 0. The van der Waals surface area contributed by atoms with E-state index in [4.69, 9.17) is 4.42 Å². The van der Waals surface area contributed by atoms with Crippen molar-refractivity contribution in [1.29, 1.82) is 0 Å². The molecule has 18 heavy (non-hydrogen) atoms. The van der Waals surface area contributed by atoms with Gasteiger partial charge in [0.05, 0.1) is 0 Å². The van der Waals surface area contributed by atoms with E-state index in [1.807, 2.05) is 25.3 Å². The smallest absolute Gasteiger partial charge is 0.247 e. The van der Waals surface area contributed by atoms with Crippen LogP contribution in [-0.4, -0.2) is 15.0 Å². The Morgan fingerprint density at radius 1 is 1.28 bits per heavy atom. The third-order valence-corrected chi connectivity index (χ3v) is 2.90. The van der Waals surface area contributed by atoms with Gasteiger partial charge in [0.15, 0.2) is 0 Å². The topological polar surface area (TPSA) is 51.8 Å². The molecule has 3 heterocycles. The van der Waals surface area contributed by atoms with Crippen LogP contribution in [0.25, 0.3) is 22.7 Å². The molecule has 0 spiro atoms. The molecule has 0 saturated heterocycles. The molecule has 4 heteroatoms. The fourth-order valence-corrected chi connectivity index (χ4v) is 1.96. The Balaban J connectivity index is 2.19. The summed E-state index contributed by atoms with van der Waals surface area (Å²) in [6, 6.07) is 3.90. The van der Waals surface area contributed by atoms with E-state index in [0.29, 0.717) is 11.6 Å². The standard InChI is InChI=1S/C14H13N3O/c1-3-10-8-15-5-4-11(10)13-17-12-6-9(2)7-16-14(12)18-13/h4-8H,3H2,1-2H3. The summed E-state index contributed by atoms with van der Waals surface area (Å²) in [4.78, 5) is 12.9. The minimum absolute atomic E-state index is 0.578. The molecule has 0 aliphatic carbocycles. The molecule has 0 radical (unpaired) electrons. The maximum atomic E-state index is 5.70. The Hall–Kier alpha value is -2.23. The fourth-order valence-electron chi connectivity index (χ4n) is 1.96. The number of aryl methyl sites for hydroxylation is 2. The lowest BCUT2D eigenvalue weighted by molar-refractivity contribution is 0.606. The second-order valence-corrected chi connectivity index (χ2v) is 4.24. The van der Waals surface area contributed by atoms with Crippen LogP contribution < -0.4 is 0 Å². The number of fused-ring (bicyclic) bond motifs is 1. The van der Waals surface area contributed by atoms with E-state index in [-0.39, 0.29) is 0 Å². The lowest BCUT2D eigenvalue weighted by Crippen LogP contribution is -1.88. The highest BCUT2D eigenvalue weighted by atomic mass is 16.4. The minimum Gasteiger partial charge on any atom is -0.418 e. The molecular formula is C14H13N3O. The fraction of sp³-hybridized carbons (Fsp3) is 0.214. The van der Waals surface area contributed by atoms with Crippen molar-refractivity contribution in [3.63, 3.8) is 0 Å². The average Bonchev–Trinajstić information content (AvgIpc) is 2.81. The Morgan fingerprint density at radius 2 is 2.17 bits per heavy atom. The zero-order valence-electron chi connectivity index (χ0n) is 10.3. The monoisotopic (exact) mass is 239 g/mol. The molecule has 0 fully saturated rings. The molecular weight excluding hydrogens is 226 g/mol. The molecule has 3 rings (SSSR count). The number of oxazole rings is 1. The predicted molar refractivity (Wildman–Crippen MR) is 69.2 cm³/mol. The molecule has 4 nitrogen and oxygen atoms in total. The van der Waals surface area contributed by atoms with Crippen LogP contribution in [0.15, 0.2) is 35.1 Å². The number of pyridine rings is 2. The SMILES string of the molecule is CCc1cnccc1-c1nc2cc(C)cnc2o1. The van der Waals surface area contributed by atoms with Crippen molar-refractivity contribution >= 4 is 11.2 Å². The van der Waals surface area contributed by atoms with Crippen LogP contribution in [0.4, 0.5) is 0 Å². The molecule has 90 valence electrons. The Morgan fingerprint density at radius 3 is 3.00 bits per heavy atom. The van der Waals surface area contributed by atoms with Crippen molar-refractivity contribution < 1.29 is 4.42 Å². The summed E-state index contributed by atoms with van der Waals surface area (Å²) in [5, 5.41) is 0. The minimum atomic E-state index is 0.578. The molecule has 0 bridgehead atoms. The van der Waals surface area contributed by atoms with E-state index in [1.165, 1.54) is 0 Å². The van der Waals surface area contributed by atoms with Gasteiger partial charge in [-0.25, -0.2) is 9.97 Å². The second-order valence-electron chi connectivity index (χ2n) is 4.24. The van der Waals surface area contributed by atoms with Gasteiger partial charge in [-0.05, 0) is 36.6 Å². The highest BCUT2D eigenvalue weighted by molar-refractivity contribution is 5.73. The first-order valence-electron chi connectivity index (χ1n) is 5.94. The number of nitrogens with zero attached hydrogens (tertiary/aromatic N) is 3. The molecule has 0 saturated carbocycles. The quantitative estimate of drug-likeness (QED) is 0.689. The highest BCUT2D eigenvalue weighted by Gasteiger charge is 2.12. The summed E-state index contributed by atoms with van der Waals surface area (Å²) in [6.45, 7) is 4.08. The third kappa shape index (κ3) is 1.76. The second kappa shape index (κ2) is 4.22. The lowest BCUT2D eigenvalue weighted by atomic mass is 10.1. The van der Waals surface area contributed by atoms with Gasteiger partial charge in [0, 0.05) is 24.2 Å². The third-order valence-electron chi connectivity index (χ3n) is 2.90. The normalized spacial score (nSPS) is 11.0. The summed E-state index contributed by atoms with van der Waals surface area (Å²) < 4.78 is 5.70. The van der Waals surface area contributed by atoms with Gasteiger partial charge in [0.25, 0.3) is 0 Å². The van der Waals surface area contributed by atoms with Crippen LogP contribution in [0.2, 0.25) is 0 Å². The molecule has 0 atom stereocenters. The summed E-state index contributed by atoms with van der Waals surface area (Å²) in [5.41, 5.74) is 4.56. The van der Waals surface area contributed by atoms with Gasteiger partial charge >= 0.3 is 0 Å². The molecule has 0 N–H and O–H groups in total. The summed E-state index contributed by atoms with van der Waals surface area (Å²) in [6.07, 6.45) is 6.28. The average molecular weight is 239 g/mol. The Kier molecular flexibility index (Phi) is 2.55. The molecule has 3 aromatic rings. The zero-order valence-corrected chi connectivity index (χ0v) is 10.3. The highest BCUT2D eigenvalue weighted by Crippen LogP contribution is 2.26. The van der Waals surface area contributed by atoms with Crippen LogP contribution in [0.1, 0.15) is 18.1 Å². The first-order valence-corrected chi connectivity index (χ1v) is 5.94. The van der Waals surface area contributed by atoms with E-state index >= 15 is 0 Å². The van der Waals surface area contributed by atoms with Gasteiger partial charge in [-0.1, -0.05) is 6.92 Å². The van der Waals surface area contributed by atoms with Crippen molar-refractivity contribution in [2.75, 3.05) is 0 Å². The van der Waals surface area contributed by atoms with Crippen LogP contribution in [0.3, 0.4) is 0 Å². The number of hydrogen-bond acceptors (Lipinski definition) is 4. The van der Waals surface area contributed by atoms with Gasteiger partial charge in [0.2, 0.25) is 11.6 Å². The van der Waals surface area contributed by atoms with E-state index in [2.05, 4.69) is 21.9 Å². The lowest BCUT2D eigenvalue weighted by Gasteiger charge is -2.01. The van der Waals surface area contributed by atoms with Crippen molar-refractivity contribution in [2.24, 2.45) is 0 Å². The first kappa shape index (κ1) is 10.9. The van der Waals surface area contributed by atoms with Gasteiger partial charge in [-0.3, -0.25) is 4.98 Å². The summed E-state index contributed by atoms with van der Waals surface area (Å²) >= 11 is 0. The van der Waals surface area contributed by atoms with Gasteiger partial charge < -0.3 is 4.42 Å². The van der Waals surface area contributed by atoms with Crippen LogP contribution in [-0.2, 0) is 6.42 Å². The molecule has 0 amide bonds. The van der Waals surface area contributed by atoms with Crippen LogP contribution in [0, 0.1) is 6.92 Å². The summed E-state index contributed by atoms with van der Waals surface area (Å²) in [5.74, 6) is 0.613. The van der Waals surface area contributed by atoms with Crippen LogP contribution >= 0.6 is 0 Å². The molecule has 0 aliphatic rings. The Bertz CT molecular complexity index is 703. The zero-order chi connectivity index (χ0) is 12.5. The van der Waals surface area contributed by atoms with Gasteiger partial charge in [0.1, 0.15) is 5.52 Å². The maximum absolute atomic E-state index is 5.70. The van der Waals surface area contributed by atoms with Crippen molar-refractivity contribution in [2.45, 2.75) is 20.3 Å². The Labute approximate surface area is 105 Å². The largest absolute Gasteiger partial charge is 0.418 e. The van der Waals surface area contributed by atoms with Crippen molar-refractivity contribution in [3.8, 4) is 11.5 Å². The van der Waals surface area contributed by atoms with Gasteiger partial charge in [-0.15, -0.1) is 0 Å². The van der Waals surface area contributed by atoms with Crippen molar-refractivity contribution in [3.05, 3.63) is 41.9 Å². The number of hydrogen-bond donors (Lipinski definition) is 0. The molecule has 0 aromatic carbocycles. The molecule has 0 unspecified atom stereocenters. The maximum Gasteiger partial charge on any atom is 0.247 e.